The van der Waals surface area contributed by atoms with E-state index in [2.05, 4.69) is 17.0 Å². The van der Waals surface area contributed by atoms with E-state index in [0.29, 0.717) is 25.6 Å². The third-order valence-corrected chi connectivity index (χ3v) is 8.39. The molecule has 0 atom stereocenters. The predicted octanol–water partition coefficient (Wildman–Crippen LogP) is 6.18. The van der Waals surface area contributed by atoms with Crippen molar-refractivity contribution in [2.45, 2.75) is 31.9 Å². The Morgan fingerprint density at radius 2 is 1.71 bits per heavy atom. The third-order valence-electron chi connectivity index (χ3n) is 8.39. The first-order valence-corrected chi connectivity index (χ1v) is 15.3. The number of aryl methyl sites for hydroxylation is 1. The van der Waals surface area contributed by atoms with Gasteiger partial charge in [-0.3, -0.25) is 9.69 Å². The van der Waals surface area contributed by atoms with Crippen LogP contribution in [0.4, 0.5) is 17.6 Å². The van der Waals surface area contributed by atoms with Gasteiger partial charge < -0.3 is 24.2 Å². The molecule has 0 unspecified atom stereocenters. The molecule has 0 spiro atoms. The molecule has 0 aliphatic carbocycles. The van der Waals surface area contributed by atoms with Gasteiger partial charge in [0.15, 0.2) is 6.61 Å². The minimum atomic E-state index is -4.64. The number of hydrogen-bond acceptors (Lipinski definition) is 6. The van der Waals surface area contributed by atoms with Crippen LogP contribution in [-0.4, -0.2) is 80.0 Å². The number of hydrogen-bond donors (Lipinski definition) is 1. The summed E-state index contributed by atoms with van der Waals surface area (Å²) in [6.07, 6.45) is -1.04. The first-order valence-electron chi connectivity index (χ1n) is 15.3. The number of amides is 1. The maximum atomic E-state index is 13.5. The van der Waals surface area contributed by atoms with Gasteiger partial charge in [-0.2, -0.15) is 13.2 Å². The molecule has 11 heteroatoms. The Balaban J connectivity index is 1.09. The number of alkyl halides is 3. The molecule has 0 radical (unpaired) electrons. The van der Waals surface area contributed by atoms with Crippen LogP contribution < -0.4 is 9.47 Å². The number of morpholine rings is 1. The molecule has 5 rings (SSSR count). The van der Waals surface area contributed by atoms with Gasteiger partial charge in [-0.05, 0) is 79.6 Å². The molecule has 2 aliphatic rings. The van der Waals surface area contributed by atoms with Gasteiger partial charge in [0.2, 0.25) is 0 Å². The monoisotopic (exact) mass is 630 g/mol. The predicted molar refractivity (Wildman–Crippen MR) is 161 cm³/mol. The summed E-state index contributed by atoms with van der Waals surface area (Å²) < 4.78 is 70.8. The van der Waals surface area contributed by atoms with Crippen LogP contribution >= 0.6 is 0 Å². The van der Waals surface area contributed by atoms with Crippen LogP contribution in [0.25, 0.3) is 11.1 Å². The number of benzene rings is 3. The zero-order valence-electron chi connectivity index (χ0n) is 25.0. The van der Waals surface area contributed by atoms with Gasteiger partial charge in [-0.25, -0.2) is 4.39 Å². The lowest BCUT2D eigenvalue weighted by atomic mass is 9.90. The molecular weight excluding hydrogens is 592 g/mol. The number of phenolic OH excluding ortho intramolecular Hbond substituents is 1. The summed E-state index contributed by atoms with van der Waals surface area (Å²) >= 11 is 0. The van der Waals surface area contributed by atoms with Crippen molar-refractivity contribution in [3.63, 3.8) is 0 Å². The Morgan fingerprint density at radius 3 is 2.44 bits per heavy atom. The van der Waals surface area contributed by atoms with Crippen LogP contribution in [0, 0.1) is 11.7 Å². The topological polar surface area (TPSA) is 71.5 Å². The van der Waals surface area contributed by atoms with E-state index in [9.17, 15) is 27.5 Å². The average Bonchev–Trinajstić information content (AvgIpc) is 3.03. The Bertz CT molecular complexity index is 1440. The Kier molecular flexibility index (Phi) is 10.8. The van der Waals surface area contributed by atoms with Crippen LogP contribution in [0.15, 0.2) is 60.7 Å². The van der Waals surface area contributed by atoms with Gasteiger partial charge in [0.05, 0.1) is 18.8 Å². The summed E-state index contributed by atoms with van der Waals surface area (Å²) in [5.74, 6) is -0.224. The summed E-state index contributed by atoms with van der Waals surface area (Å²) in [6.45, 7) is 5.67. The van der Waals surface area contributed by atoms with Gasteiger partial charge in [-0.1, -0.05) is 12.1 Å². The highest BCUT2D eigenvalue weighted by Crippen LogP contribution is 2.40. The SMILES string of the molecule is O=C(COc1ccc(C(F)(F)F)cc1-c1ccc(F)cc1O)N1CCC(CCc2cccc(OCCN3CCOCC3)c2)CC1. The first-order chi connectivity index (χ1) is 21.7. The maximum absolute atomic E-state index is 13.5. The van der Waals surface area contributed by atoms with Crippen LogP contribution in [0.5, 0.6) is 17.2 Å². The van der Waals surface area contributed by atoms with Crippen molar-refractivity contribution < 1.29 is 41.7 Å². The molecule has 0 saturated carbocycles. The molecule has 0 aromatic heterocycles. The molecule has 2 fully saturated rings. The van der Waals surface area contributed by atoms with Gasteiger partial charge in [0.25, 0.3) is 5.91 Å². The number of ether oxygens (including phenoxy) is 3. The second kappa shape index (κ2) is 15.0. The Hall–Kier alpha value is -3.83. The fourth-order valence-corrected chi connectivity index (χ4v) is 5.76. The molecule has 2 heterocycles. The fraction of sp³-hybridized carbons (Fsp3) is 0.441. The van der Waals surface area contributed by atoms with Crippen molar-refractivity contribution in [3.05, 3.63) is 77.6 Å². The Labute approximate surface area is 260 Å². The molecule has 1 N–H and O–H groups in total. The molecule has 242 valence electrons. The zero-order valence-corrected chi connectivity index (χ0v) is 25.0. The smallest absolute Gasteiger partial charge is 0.416 e. The summed E-state index contributed by atoms with van der Waals surface area (Å²) in [5, 5.41) is 10.2. The molecule has 45 heavy (non-hydrogen) atoms. The third kappa shape index (κ3) is 9.11. The van der Waals surface area contributed by atoms with E-state index in [1.807, 2.05) is 12.1 Å². The van der Waals surface area contributed by atoms with E-state index in [1.54, 1.807) is 4.90 Å². The lowest BCUT2D eigenvalue weighted by molar-refractivity contribution is -0.138. The quantitative estimate of drug-likeness (QED) is 0.255. The summed E-state index contributed by atoms with van der Waals surface area (Å²) in [5.41, 5.74) is 0.145. The van der Waals surface area contributed by atoms with Crippen LogP contribution in [0.3, 0.4) is 0 Å². The number of rotatable bonds is 11. The molecular formula is C34H38F4N2O5. The van der Waals surface area contributed by atoms with Crippen molar-refractivity contribution in [3.8, 4) is 28.4 Å². The zero-order chi connectivity index (χ0) is 31.8. The van der Waals surface area contributed by atoms with Crippen molar-refractivity contribution in [1.82, 2.24) is 9.80 Å². The molecule has 0 bridgehead atoms. The Morgan fingerprint density at radius 1 is 0.933 bits per heavy atom. The van der Waals surface area contributed by atoms with Gasteiger partial charge >= 0.3 is 6.18 Å². The number of halogens is 4. The number of phenols is 1. The largest absolute Gasteiger partial charge is 0.507 e. The van der Waals surface area contributed by atoms with Crippen molar-refractivity contribution in [2.24, 2.45) is 5.92 Å². The number of aromatic hydroxyl groups is 1. The number of nitrogens with zero attached hydrogens (tertiary/aromatic N) is 2. The second-order valence-electron chi connectivity index (χ2n) is 11.5. The van der Waals surface area contributed by atoms with E-state index in [1.165, 1.54) is 11.6 Å². The highest BCUT2D eigenvalue weighted by Gasteiger charge is 2.32. The number of carbonyl (C=O) groups is 1. The van der Waals surface area contributed by atoms with Crippen molar-refractivity contribution in [2.75, 3.05) is 59.2 Å². The van der Waals surface area contributed by atoms with Crippen LogP contribution in [0.2, 0.25) is 0 Å². The molecule has 2 aliphatic heterocycles. The van der Waals surface area contributed by atoms with Crippen LogP contribution in [0.1, 0.15) is 30.4 Å². The molecule has 3 aromatic rings. The minimum absolute atomic E-state index is 0.0135. The molecule has 3 aromatic carbocycles. The van der Waals surface area contributed by atoms with E-state index >= 15 is 0 Å². The van der Waals surface area contributed by atoms with Gasteiger partial charge in [0.1, 0.15) is 29.7 Å². The van der Waals surface area contributed by atoms with E-state index < -0.39 is 23.3 Å². The first kappa shape index (κ1) is 32.6. The van der Waals surface area contributed by atoms with Crippen molar-refractivity contribution >= 4 is 5.91 Å². The maximum Gasteiger partial charge on any atom is 0.416 e. The minimum Gasteiger partial charge on any atom is -0.507 e. The summed E-state index contributed by atoms with van der Waals surface area (Å²) in [6, 6.07) is 14.0. The van der Waals surface area contributed by atoms with Crippen molar-refractivity contribution in [1.29, 1.82) is 0 Å². The summed E-state index contributed by atoms with van der Waals surface area (Å²) in [7, 11) is 0. The van der Waals surface area contributed by atoms with Gasteiger partial charge in [-0.15, -0.1) is 0 Å². The second-order valence-corrected chi connectivity index (χ2v) is 11.5. The fourth-order valence-electron chi connectivity index (χ4n) is 5.76. The lowest BCUT2D eigenvalue weighted by Crippen LogP contribution is -2.41. The molecule has 1 amide bonds. The highest BCUT2D eigenvalue weighted by molar-refractivity contribution is 5.80. The molecule has 7 nitrogen and oxygen atoms in total. The number of likely N-dealkylation sites (tertiary alicyclic amines) is 1. The standard InChI is InChI=1S/C34H38F4N2O5/c35-27-7-8-29(31(41)22-27)30-21-26(34(36,37)38)6-9-32(30)45-23-33(42)40-12-10-24(11-13-40)4-5-25-2-1-3-28(20-25)44-19-16-39-14-17-43-18-15-39/h1-3,6-9,20-22,24,41H,4-5,10-19,23H2. The van der Waals surface area contributed by atoms with Gasteiger partial charge in [0, 0.05) is 49.9 Å². The average molecular weight is 631 g/mol. The normalized spacial score (nSPS) is 16.5. The summed E-state index contributed by atoms with van der Waals surface area (Å²) in [4.78, 5) is 17.0. The number of piperidine rings is 1. The van der Waals surface area contributed by atoms with Crippen LogP contribution in [-0.2, 0) is 22.1 Å². The van der Waals surface area contributed by atoms with E-state index in [-0.39, 0.29) is 29.4 Å². The lowest BCUT2D eigenvalue weighted by Gasteiger charge is -2.32. The van der Waals surface area contributed by atoms with E-state index in [4.69, 9.17) is 14.2 Å². The van der Waals surface area contributed by atoms with E-state index in [0.717, 1.165) is 94.6 Å². The highest BCUT2D eigenvalue weighted by atomic mass is 19.4. The molecule has 2 saturated heterocycles. The number of carbonyl (C=O) groups excluding carboxylic acids is 1.